The lowest BCUT2D eigenvalue weighted by Gasteiger charge is -2.45. The van der Waals surface area contributed by atoms with E-state index in [1.54, 1.807) is 0 Å². The van der Waals surface area contributed by atoms with Crippen molar-refractivity contribution in [1.29, 1.82) is 0 Å². The lowest BCUT2D eigenvalue weighted by Crippen LogP contribution is -2.67. The molecule has 0 aromatic heterocycles. The fourth-order valence-electron chi connectivity index (χ4n) is 2.87. The maximum atomic E-state index is 12.0. The topological polar surface area (TPSA) is 190 Å². The zero-order chi connectivity index (χ0) is 19.6. The van der Waals surface area contributed by atoms with Gasteiger partial charge in [0.15, 0.2) is 18.7 Å². The van der Waals surface area contributed by atoms with Crippen molar-refractivity contribution in [3.05, 3.63) is 0 Å². The number of methoxy groups -OCH3 is 2. The van der Waals surface area contributed by atoms with E-state index in [1.165, 1.54) is 7.11 Å². The van der Waals surface area contributed by atoms with Crippen molar-refractivity contribution < 1.29 is 54.0 Å². The van der Waals surface area contributed by atoms with Gasteiger partial charge >= 0.3 is 5.97 Å². The van der Waals surface area contributed by atoms with Crippen molar-refractivity contribution >= 4 is 5.97 Å². The third-order valence-electron chi connectivity index (χ3n) is 4.43. The number of carbonyl (C=O) groups excluding carboxylic acids is 1. The van der Waals surface area contributed by atoms with Crippen LogP contribution in [0.5, 0.6) is 0 Å². The summed E-state index contributed by atoms with van der Waals surface area (Å²) >= 11 is 0. The second-order valence-electron chi connectivity index (χ2n) is 6.05. The average molecular weight is 383 g/mol. The summed E-state index contributed by atoms with van der Waals surface area (Å²) in [6.07, 6.45) is -13.1. The van der Waals surface area contributed by atoms with Crippen LogP contribution in [0, 0.1) is 0 Å². The molecule has 26 heavy (non-hydrogen) atoms. The van der Waals surface area contributed by atoms with Crippen molar-refractivity contribution in [3.63, 3.8) is 0 Å². The number of aliphatic hydroxyl groups is 5. The number of ether oxygens (including phenoxy) is 5. The molecule has 0 unspecified atom stereocenters. The summed E-state index contributed by atoms with van der Waals surface area (Å²) in [7, 11) is 2.30. The molecule has 2 heterocycles. The van der Waals surface area contributed by atoms with E-state index in [2.05, 4.69) is 4.74 Å². The molecular weight excluding hydrogens is 358 g/mol. The predicted octanol–water partition coefficient (Wildman–Crippen LogP) is -4.60. The highest BCUT2D eigenvalue weighted by Gasteiger charge is 2.52. The summed E-state index contributed by atoms with van der Waals surface area (Å²) < 4.78 is 25.5. The van der Waals surface area contributed by atoms with Crippen molar-refractivity contribution in [2.75, 3.05) is 20.8 Å². The van der Waals surface area contributed by atoms with Gasteiger partial charge in [-0.2, -0.15) is 0 Å². The molecule has 10 atom stereocenters. The zero-order valence-corrected chi connectivity index (χ0v) is 14.2. The molecule has 2 rings (SSSR count). The maximum Gasteiger partial charge on any atom is 0.337 e. The molecule has 0 aliphatic carbocycles. The average Bonchev–Trinajstić information content (AvgIpc) is 2.65. The standard InChI is InChI=1S/C14H25NO11/c1-22-12(21)11-10(8(19)9(20)14(23-2)26-11)25-13-5(15)7(18)6(17)4(3-16)24-13/h4-11,13-14,16-20H,3,15H2,1-2H3/t4-,5-,6-,7-,8-,9-,10+,11-,13-,14-/m1/s1. The Hall–Kier alpha value is -0.930. The summed E-state index contributed by atoms with van der Waals surface area (Å²) in [5.41, 5.74) is 5.77. The molecule has 2 aliphatic heterocycles. The second-order valence-corrected chi connectivity index (χ2v) is 6.05. The summed E-state index contributed by atoms with van der Waals surface area (Å²) in [5, 5.41) is 49.3. The van der Waals surface area contributed by atoms with E-state index in [0.29, 0.717) is 0 Å². The van der Waals surface area contributed by atoms with Gasteiger partial charge in [-0.3, -0.25) is 0 Å². The Kier molecular flexibility index (Phi) is 7.27. The number of rotatable bonds is 5. The van der Waals surface area contributed by atoms with Crippen LogP contribution in [0.15, 0.2) is 0 Å². The third kappa shape index (κ3) is 3.99. The summed E-state index contributed by atoms with van der Waals surface area (Å²) in [6, 6.07) is -1.27. The third-order valence-corrected chi connectivity index (χ3v) is 4.43. The Morgan fingerprint density at radius 3 is 2.19 bits per heavy atom. The number of nitrogens with two attached hydrogens (primary N) is 1. The molecule has 2 aliphatic rings. The van der Waals surface area contributed by atoms with Gasteiger partial charge in [0.2, 0.25) is 0 Å². The summed E-state index contributed by atoms with van der Waals surface area (Å²) in [6.45, 7) is -0.636. The van der Waals surface area contributed by atoms with Gasteiger partial charge in [0.1, 0.15) is 36.6 Å². The first-order chi connectivity index (χ1) is 12.3. The van der Waals surface area contributed by atoms with Crippen molar-refractivity contribution in [2.24, 2.45) is 5.73 Å². The van der Waals surface area contributed by atoms with Crippen LogP contribution in [0.3, 0.4) is 0 Å². The van der Waals surface area contributed by atoms with E-state index in [9.17, 15) is 30.3 Å². The van der Waals surface area contributed by atoms with Gasteiger partial charge in [-0.05, 0) is 0 Å². The van der Waals surface area contributed by atoms with Gasteiger partial charge in [-0.25, -0.2) is 4.79 Å². The highest BCUT2D eigenvalue weighted by Crippen LogP contribution is 2.29. The van der Waals surface area contributed by atoms with Crippen LogP contribution in [-0.4, -0.2) is 114 Å². The summed E-state index contributed by atoms with van der Waals surface area (Å²) in [4.78, 5) is 12.0. The minimum absolute atomic E-state index is 0.636. The van der Waals surface area contributed by atoms with Gasteiger partial charge in [-0.15, -0.1) is 0 Å². The largest absolute Gasteiger partial charge is 0.467 e. The smallest absolute Gasteiger partial charge is 0.337 e. The van der Waals surface area contributed by atoms with E-state index in [-0.39, 0.29) is 0 Å². The minimum Gasteiger partial charge on any atom is -0.467 e. The molecule has 0 amide bonds. The van der Waals surface area contributed by atoms with E-state index >= 15 is 0 Å². The van der Waals surface area contributed by atoms with Crippen LogP contribution >= 0.6 is 0 Å². The zero-order valence-electron chi connectivity index (χ0n) is 14.2. The second kappa shape index (κ2) is 8.84. The fourth-order valence-corrected chi connectivity index (χ4v) is 2.87. The Labute approximate surface area is 149 Å². The number of hydrogen-bond acceptors (Lipinski definition) is 12. The molecule has 0 aromatic carbocycles. The molecule has 152 valence electrons. The Morgan fingerprint density at radius 2 is 1.65 bits per heavy atom. The van der Waals surface area contributed by atoms with Gasteiger partial charge in [0, 0.05) is 7.11 Å². The molecule has 2 fully saturated rings. The first-order valence-electron chi connectivity index (χ1n) is 7.92. The fraction of sp³-hybridized carbons (Fsp3) is 0.929. The summed E-state index contributed by atoms with van der Waals surface area (Å²) in [5.74, 6) is -0.910. The van der Waals surface area contributed by atoms with Crippen LogP contribution < -0.4 is 5.73 Å². The molecule has 12 nitrogen and oxygen atoms in total. The van der Waals surface area contributed by atoms with Crippen molar-refractivity contribution in [1.82, 2.24) is 0 Å². The van der Waals surface area contributed by atoms with Crippen LogP contribution in [0.2, 0.25) is 0 Å². The number of esters is 1. The van der Waals surface area contributed by atoms with Crippen LogP contribution in [-0.2, 0) is 28.5 Å². The molecule has 0 radical (unpaired) electrons. The Morgan fingerprint density at radius 1 is 1.00 bits per heavy atom. The van der Waals surface area contributed by atoms with Crippen molar-refractivity contribution in [2.45, 2.75) is 61.3 Å². The minimum atomic E-state index is -1.65. The van der Waals surface area contributed by atoms with Crippen LogP contribution in [0.1, 0.15) is 0 Å². The van der Waals surface area contributed by atoms with Gasteiger partial charge < -0.3 is 55.0 Å². The molecule has 7 N–H and O–H groups in total. The van der Waals surface area contributed by atoms with Crippen LogP contribution in [0.4, 0.5) is 0 Å². The number of hydrogen-bond donors (Lipinski definition) is 6. The van der Waals surface area contributed by atoms with E-state index < -0.39 is 73.9 Å². The monoisotopic (exact) mass is 383 g/mol. The lowest BCUT2D eigenvalue weighted by molar-refractivity contribution is -0.337. The molecule has 0 spiro atoms. The molecule has 2 saturated heterocycles. The number of carbonyl (C=O) groups is 1. The molecule has 0 saturated carbocycles. The lowest BCUT2D eigenvalue weighted by atomic mass is 9.96. The molecule has 12 heteroatoms. The number of aliphatic hydroxyl groups excluding tert-OH is 5. The van der Waals surface area contributed by atoms with Gasteiger partial charge in [0.05, 0.1) is 19.8 Å². The predicted molar refractivity (Wildman–Crippen MR) is 80.3 cm³/mol. The normalized spacial score (nSPS) is 46.8. The Bertz CT molecular complexity index is 478. The van der Waals surface area contributed by atoms with E-state index in [0.717, 1.165) is 7.11 Å². The van der Waals surface area contributed by atoms with Crippen molar-refractivity contribution in [3.8, 4) is 0 Å². The maximum absolute atomic E-state index is 12.0. The first-order valence-corrected chi connectivity index (χ1v) is 7.92. The Balaban J connectivity index is 2.21. The first kappa shape index (κ1) is 21.4. The highest BCUT2D eigenvalue weighted by molar-refractivity contribution is 5.75. The van der Waals surface area contributed by atoms with Gasteiger partial charge in [0.25, 0.3) is 0 Å². The van der Waals surface area contributed by atoms with Crippen LogP contribution in [0.25, 0.3) is 0 Å². The quantitative estimate of drug-likeness (QED) is 0.249. The SMILES string of the molecule is COC(=O)[C@@H]1O[C@@H](OC)[C@H](O)[C@@H](O)[C@@H]1O[C@H]1O[C@H](CO)[C@@H](O)[C@H](O)[C@H]1N. The highest BCUT2D eigenvalue weighted by atomic mass is 16.7. The molecular formula is C14H25NO11. The van der Waals surface area contributed by atoms with E-state index in [1.807, 2.05) is 0 Å². The molecule has 0 bridgehead atoms. The van der Waals surface area contributed by atoms with Gasteiger partial charge in [-0.1, -0.05) is 0 Å². The molecule has 0 aromatic rings. The van der Waals surface area contributed by atoms with E-state index in [4.69, 9.17) is 24.7 Å².